The van der Waals surface area contributed by atoms with Crippen molar-refractivity contribution in [1.82, 2.24) is 24.1 Å². The number of aryl methyl sites for hydroxylation is 1. The van der Waals surface area contributed by atoms with E-state index in [2.05, 4.69) is 15.0 Å². The molecule has 3 aromatic rings. The summed E-state index contributed by atoms with van der Waals surface area (Å²) in [6, 6.07) is 1.01. The zero-order chi connectivity index (χ0) is 19.8. The summed E-state index contributed by atoms with van der Waals surface area (Å²) in [6.45, 7) is 1.22. The first-order valence-electron chi connectivity index (χ1n) is 8.87. The van der Waals surface area contributed by atoms with Crippen LogP contribution in [0.4, 0.5) is 10.3 Å². The van der Waals surface area contributed by atoms with E-state index < -0.39 is 16.9 Å². The van der Waals surface area contributed by atoms with Gasteiger partial charge in [-0.3, -0.25) is 14.2 Å². The molecule has 9 nitrogen and oxygen atoms in total. The highest BCUT2D eigenvalue weighted by Gasteiger charge is 2.26. The third-order valence-corrected chi connectivity index (χ3v) is 5.07. The fraction of sp³-hybridized carbons (Fsp3) is 0.389. The fourth-order valence-corrected chi connectivity index (χ4v) is 3.55. The Kier molecular flexibility index (Phi) is 4.54. The fourth-order valence-electron chi connectivity index (χ4n) is 3.55. The van der Waals surface area contributed by atoms with Crippen molar-refractivity contribution < 1.29 is 9.13 Å². The maximum atomic E-state index is 13.6. The van der Waals surface area contributed by atoms with E-state index in [1.54, 1.807) is 19.5 Å². The topological polar surface area (TPSA) is 95.1 Å². The van der Waals surface area contributed by atoms with Gasteiger partial charge in [-0.15, -0.1) is 0 Å². The van der Waals surface area contributed by atoms with Gasteiger partial charge in [0.1, 0.15) is 5.82 Å². The van der Waals surface area contributed by atoms with Crippen LogP contribution in [0.5, 0.6) is 5.75 Å². The van der Waals surface area contributed by atoms with Crippen molar-refractivity contribution in [1.29, 1.82) is 0 Å². The summed E-state index contributed by atoms with van der Waals surface area (Å²) in [5.41, 5.74) is -0.729. The Hall–Kier alpha value is -3.30. The predicted molar refractivity (Wildman–Crippen MR) is 100 cm³/mol. The average Bonchev–Trinajstić information content (AvgIpc) is 2.73. The van der Waals surface area contributed by atoms with Crippen LogP contribution in [0.3, 0.4) is 0 Å². The lowest BCUT2D eigenvalue weighted by atomic mass is 10.0. The molecular formula is C18H19FN6O3. The number of methoxy groups -OCH3 is 1. The van der Waals surface area contributed by atoms with Gasteiger partial charge >= 0.3 is 11.1 Å². The Morgan fingerprint density at radius 2 is 1.75 bits per heavy atom. The summed E-state index contributed by atoms with van der Waals surface area (Å²) in [5.74, 6) is 0.606. The molecule has 28 heavy (non-hydrogen) atoms. The number of hydrogen-bond acceptors (Lipinski definition) is 7. The molecule has 0 unspecified atom stereocenters. The van der Waals surface area contributed by atoms with Crippen LogP contribution in [-0.4, -0.2) is 44.3 Å². The summed E-state index contributed by atoms with van der Waals surface area (Å²) in [7, 11) is 3.00. The van der Waals surface area contributed by atoms with Crippen LogP contribution in [0.1, 0.15) is 18.9 Å². The van der Waals surface area contributed by atoms with Crippen molar-refractivity contribution in [3.63, 3.8) is 0 Å². The van der Waals surface area contributed by atoms with Crippen molar-refractivity contribution in [2.75, 3.05) is 25.1 Å². The lowest BCUT2D eigenvalue weighted by Crippen LogP contribution is -2.45. The third kappa shape index (κ3) is 3.00. The Morgan fingerprint density at radius 1 is 1.07 bits per heavy atom. The molecule has 3 aromatic heterocycles. The second kappa shape index (κ2) is 7.02. The van der Waals surface area contributed by atoms with Crippen LogP contribution >= 0.6 is 0 Å². The number of aromatic nitrogens is 5. The van der Waals surface area contributed by atoms with Crippen molar-refractivity contribution >= 4 is 17.1 Å². The first kappa shape index (κ1) is 18.1. The Labute approximate surface area is 159 Å². The highest BCUT2D eigenvalue weighted by Crippen LogP contribution is 2.26. The van der Waals surface area contributed by atoms with Crippen molar-refractivity contribution in [2.24, 2.45) is 7.05 Å². The van der Waals surface area contributed by atoms with Crippen LogP contribution < -0.4 is 20.8 Å². The standard InChI is InChI=1S/C18H19FN6O3/c1-23-14-7-11(19)8-20-15(14)25(17(27)16(23)26)12-3-5-24(6-4-12)18-21-9-13(28-2)10-22-18/h7-10,12H,3-6H2,1-2H3. The van der Waals surface area contributed by atoms with Gasteiger partial charge in [0.25, 0.3) is 0 Å². The number of halogens is 1. The van der Waals surface area contributed by atoms with Gasteiger partial charge in [-0.1, -0.05) is 0 Å². The normalized spacial score (nSPS) is 15.2. The highest BCUT2D eigenvalue weighted by molar-refractivity contribution is 5.70. The molecule has 1 fully saturated rings. The summed E-state index contributed by atoms with van der Waals surface area (Å²) in [4.78, 5) is 39.7. The molecular weight excluding hydrogens is 367 g/mol. The van der Waals surface area contributed by atoms with Crippen molar-refractivity contribution in [3.8, 4) is 5.75 Å². The summed E-state index contributed by atoms with van der Waals surface area (Å²) in [6.07, 6.45) is 5.48. The van der Waals surface area contributed by atoms with E-state index in [0.717, 1.165) is 10.8 Å². The zero-order valence-corrected chi connectivity index (χ0v) is 15.5. The average molecular weight is 386 g/mol. The minimum atomic E-state index is -0.694. The van der Waals surface area contributed by atoms with Gasteiger partial charge in [-0.2, -0.15) is 0 Å². The molecule has 1 aliphatic heterocycles. The molecule has 1 saturated heterocycles. The lowest BCUT2D eigenvalue weighted by molar-refractivity contribution is 0.387. The molecule has 0 amide bonds. The molecule has 146 valence electrons. The first-order chi connectivity index (χ1) is 13.5. The van der Waals surface area contributed by atoms with Crippen molar-refractivity contribution in [2.45, 2.75) is 18.9 Å². The number of pyridine rings is 1. The number of fused-ring (bicyclic) bond motifs is 1. The Morgan fingerprint density at radius 3 is 2.39 bits per heavy atom. The molecule has 0 spiro atoms. The van der Waals surface area contributed by atoms with Crippen LogP contribution in [0.15, 0.2) is 34.2 Å². The molecule has 4 heterocycles. The maximum Gasteiger partial charge on any atom is 0.318 e. The van der Waals surface area contributed by atoms with Gasteiger partial charge in [0.05, 0.1) is 31.2 Å². The summed E-state index contributed by atoms with van der Waals surface area (Å²) >= 11 is 0. The van der Waals surface area contributed by atoms with Gasteiger partial charge in [-0.05, 0) is 12.8 Å². The Balaban J connectivity index is 1.65. The minimum absolute atomic E-state index is 0.212. The molecule has 0 aromatic carbocycles. The third-order valence-electron chi connectivity index (χ3n) is 5.07. The van der Waals surface area contributed by atoms with E-state index in [9.17, 15) is 14.0 Å². The predicted octanol–water partition coefficient (Wildman–Crippen LogP) is 0.874. The van der Waals surface area contributed by atoms with Gasteiger partial charge in [0, 0.05) is 32.2 Å². The molecule has 0 N–H and O–H groups in total. The van der Waals surface area contributed by atoms with E-state index in [-0.39, 0.29) is 6.04 Å². The van der Waals surface area contributed by atoms with Crippen LogP contribution in [-0.2, 0) is 7.05 Å². The van der Waals surface area contributed by atoms with Crippen molar-refractivity contribution in [3.05, 3.63) is 51.2 Å². The number of nitrogens with zero attached hydrogens (tertiary/aromatic N) is 6. The van der Waals surface area contributed by atoms with Gasteiger partial charge in [0.15, 0.2) is 11.4 Å². The number of piperidine rings is 1. The molecule has 0 radical (unpaired) electrons. The van der Waals surface area contributed by atoms with Gasteiger partial charge in [0.2, 0.25) is 5.95 Å². The van der Waals surface area contributed by atoms with Crippen LogP contribution in [0.25, 0.3) is 11.2 Å². The summed E-state index contributed by atoms with van der Waals surface area (Å²) < 4.78 is 21.2. The van der Waals surface area contributed by atoms with E-state index >= 15 is 0 Å². The highest BCUT2D eigenvalue weighted by atomic mass is 19.1. The van der Waals surface area contributed by atoms with Crippen LogP contribution in [0.2, 0.25) is 0 Å². The maximum absolute atomic E-state index is 13.6. The molecule has 4 rings (SSSR count). The second-order valence-electron chi connectivity index (χ2n) is 6.68. The monoisotopic (exact) mass is 386 g/mol. The van der Waals surface area contributed by atoms with E-state index in [0.29, 0.717) is 48.8 Å². The molecule has 1 aliphatic rings. The molecule has 0 saturated carbocycles. The van der Waals surface area contributed by atoms with Gasteiger partial charge in [-0.25, -0.2) is 19.3 Å². The van der Waals surface area contributed by atoms with E-state index in [4.69, 9.17) is 4.74 Å². The largest absolute Gasteiger partial charge is 0.494 e. The lowest BCUT2D eigenvalue weighted by Gasteiger charge is -2.33. The number of anilines is 1. The second-order valence-corrected chi connectivity index (χ2v) is 6.68. The van der Waals surface area contributed by atoms with Crippen LogP contribution in [0, 0.1) is 5.82 Å². The minimum Gasteiger partial charge on any atom is -0.494 e. The first-order valence-corrected chi connectivity index (χ1v) is 8.87. The number of ether oxygens (including phenoxy) is 1. The SMILES string of the molecule is COc1cnc(N2CCC(n3c(=O)c(=O)n(C)c4cc(F)cnc43)CC2)nc1. The van der Waals surface area contributed by atoms with E-state index in [1.165, 1.54) is 17.7 Å². The zero-order valence-electron chi connectivity index (χ0n) is 15.5. The molecule has 10 heteroatoms. The van der Waals surface area contributed by atoms with Gasteiger partial charge < -0.3 is 14.2 Å². The number of rotatable bonds is 3. The van der Waals surface area contributed by atoms with E-state index in [1.807, 2.05) is 4.90 Å². The number of hydrogen-bond donors (Lipinski definition) is 0. The summed E-state index contributed by atoms with van der Waals surface area (Å²) in [5, 5.41) is 0. The smallest absolute Gasteiger partial charge is 0.318 e. The quantitative estimate of drug-likeness (QED) is 0.617. The molecule has 0 aliphatic carbocycles. The Bertz CT molecular complexity index is 1130. The molecule has 0 atom stereocenters. The molecule has 0 bridgehead atoms.